The van der Waals surface area contributed by atoms with Crippen LogP contribution in [0.2, 0.25) is 0 Å². The summed E-state index contributed by atoms with van der Waals surface area (Å²) in [6, 6.07) is 0.825. The Kier molecular flexibility index (Phi) is 2.63. The number of aromatic nitrogens is 1. The van der Waals surface area contributed by atoms with E-state index in [0.717, 1.165) is 36.3 Å². The largest absolute Gasteiger partial charge is 0.308 e. The number of hydrogen-bond donors (Lipinski definition) is 1. The second-order valence-corrected chi connectivity index (χ2v) is 8.65. The summed E-state index contributed by atoms with van der Waals surface area (Å²) < 4.78 is 0. The van der Waals surface area contributed by atoms with Crippen LogP contribution >= 0.6 is 11.3 Å². The molecule has 0 saturated heterocycles. The van der Waals surface area contributed by atoms with Crippen molar-refractivity contribution in [2.75, 3.05) is 0 Å². The van der Waals surface area contributed by atoms with E-state index in [4.69, 9.17) is 4.98 Å². The van der Waals surface area contributed by atoms with Gasteiger partial charge in [0.25, 0.3) is 0 Å². The number of nitrogens with one attached hydrogen (secondary N) is 1. The van der Waals surface area contributed by atoms with Gasteiger partial charge in [0, 0.05) is 23.4 Å². The summed E-state index contributed by atoms with van der Waals surface area (Å²) in [4.78, 5) is 4.78. The van der Waals surface area contributed by atoms with Gasteiger partial charge in [0.15, 0.2) is 0 Å². The Hall–Kier alpha value is -0.410. The second-order valence-electron chi connectivity index (χ2n) is 7.79. The summed E-state index contributed by atoms with van der Waals surface area (Å²) >= 11 is 1.81. The molecule has 4 atom stereocenters. The second kappa shape index (κ2) is 4.05. The molecule has 104 valence electrons. The Balaban J connectivity index is 1.35. The van der Waals surface area contributed by atoms with Gasteiger partial charge < -0.3 is 5.32 Å². The molecule has 3 aliphatic carbocycles. The fourth-order valence-electron chi connectivity index (χ4n) is 4.55. The Morgan fingerprint density at radius 1 is 1.26 bits per heavy atom. The van der Waals surface area contributed by atoms with Gasteiger partial charge in [-0.15, -0.1) is 11.3 Å². The van der Waals surface area contributed by atoms with Crippen molar-refractivity contribution in [2.45, 2.75) is 58.0 Å². The van der Waals surface area contributed by atoms with Crippen LogP contribution < -0.4 is 5.32 Å². The van der Waals surface area contributed by atoms with Crippen LogP contribution in [0, 0.1) is 23.7 Å². The number of rotatable bonds is 3. The number of fused-ring (bicyclic) bond motifs is 5. The third kappa shape index (κ3) is 1.97. The number of nitrogens with zero attached hydrogens (tertiary/aromatic N) is 1. The van der Waals surface area contributed by atoms with E-state index in [2.05, 4.69) is 31.5 Å². The zero-order valence-corrected chi connectivity index (χ0v) is 13.0. The molecule has 1 aromatic rings. The van der Waals surface area contributed by atoms with Crippen LogP contribution in [-0.2, 0) is 12.0 Å². The molecule has 3 aliphatic rings. The fraction of sp³-hybridized carbons (Fsp3) is 0.812. The number of thiazole rings is 1. The molecule has 4 rings (SSSR count). The lowest BCUT2D eigenvalue weighted by atomic mass is 9.98. The van der Waals surface area contributed by atoms with Gasteiger partial charge in [0.1, 0.15) is 0 Å². The van der Waals surface area contributed by atoms with Gasteiger partial charge in [-0.25, -0.2) is 4.98 Å². The molecular weight excluding hydrogens is 252 g/mol. The predicted molar refractivity (Wildman–Crippen MR) is 79.3 cm³/mol. The molecular formula is C16H24N2S. The Morgan fingerprint density at radius 3 is 2.53 bits per heavy atom. The summed E-state index contributed by atoms with van der Waals surface area (Å²) in [5.41, 5.74) is 1.44. The minimum absolute atomic E-state index is 0.193. The lowest BCUT2D eigenvalue weighted by molar-refractivity contribution is 0.456. The standard InChI is InChI=1S/C16H24N2S/c1-16(2,3)15-18-11(8-19-15)7-17-14-12-9-4-5-10(6-9)13(12)14/h8-10,12-14,17H,4-7H2,1-3H3. The highest BCUT2D eigenvalue weighted by Crippen LogP contribution is 2.65. The third-order valence-corrected chi connectivity index (χ3v) is 6.76. The molecule has 4 unspecified atom stereocenters. The van der Waals surface area contributed by atoms with E-state index < -0.39 is 0 Å². The van der Waals surface area contributed by atoms with Gasteiger partial charge in [-0.2, -0.15) is 0 Å². The smallest absolute Gasteiger partial charge is 0.0982 e. The molecule has 0 aromatic carbocycles. The van der Waals surface area contributed by atoms with Crippen LogP contribution in [-0.4, -0.2) is 11.0 Å². The normalized spacial score (nSPS) is 39.6. The zero-order chi connectivity index (χ0) is 13.2. The molecule has 1 heterocycles. The van der Waals surface area contributed by atoms with Crippen molar-refractivity contribution in [2.24, 2.45) is 23.7 Å². The summed E-state index contributed by atoms with van der Waals surface area (Å²) in [7, 11) is 0. The van der Waals surface area contributed by atoms with Gasteiger partial charge in [0.05, 0.1) is 10.7 Å². The first-order chi connectivity index (χ1) is 9.04. The van der Waals surface area contributed by atoms with Gasteiger partial charge in [0.2, 0.25) is 0 Å². The molecule has 3 heteroatoms. The third-order valence-electron chi connectivity index (χ3n) is 5.45. The highest BCUT2D eigenvalue weighted by molar-refractivity contribution is 7.09. The van der Waals surface area contributed by atoms with E-state index in [1.165, 1.54) is 23.5 Å². The SMILES string of the molecule is CC(C)(C)c1nc(CNC2C3C4CCC(C4)C23)cs1. The van der Waals surface area contributed by atoms with Crippen molar-refractivity contribution < 1.29 is 0 Å². The Labute approximate surface area is 120 Å². The highest BCUT2D eigenvalue weighted by atomic mass is 32.1. The van der Waals surface area contributed by atoms with E-state index in [1.54, 1.807) is 6.42 Å². The van der Waals surface area contributed by atoms with Gasteiger partial charge in [-0.1, -0.05) is 20.8 Å². The molecule has 0 amide bonds. The van der Waals surface area contributed by atoms with E-state index in [0.29, 0.717) is 0 Å². The van der Waals surface area contributed by atoms with Crippen molar-refractivity contribution in [1.82, 2.24) is 10.3 Å². The van der Waals surface area contributed by atoms with Gasteiger partial charge in [-0.05, 0) is 42.9 Å². The van der Waals surface area contributed by atoms with Crippen LogP contribution in [0.15, 0.2) is 5.38 Å². The predicted octanol–water partition coefficient (Wildman–Crippen LogP) is 3.57. The maximum absolute atomic E-state index is 4.78. The highest BCUT2D eigenvalue weighted by Gasteiger charge is 2.64. The molecule has 0 aliphatic heterocycles. The quantitative estimate of drug-likeness (QED) is 0.913. The van der Waals surface area contributed by atoms with Crippen LogP contribution in [0.1, 0.15) is 50.7 Å². The first kappa shape index (κ1) is 12.3. The average molecular weight is 276 g/mol. The lowest BCUT2D eigenvalue weighted by Crippen LogP contribution is -2.22. The van der Waals surface area contributed by atoms with Crippen molar-refractivity contribution >= 4 is 11.3 Å². The minimum atomic E-state index is 0.193. The molecule has 2 bridgehead atoms. The topological polar surface area (TPSA) is 24.9 Å². The molecule has 3 fully saturated rings. The Bertz CT molecular complexity index is 471. The van der Waals surface area contributed by atoms with E-state index in [1.807, 2.05) is 11.3 Å². The minimum Gasteiger partial charge on any atom is -0.308 e. The first-order valence-electron chi connectivity index (χ1n) is 7.72. The van der Waals surface area contributed by atoms with Crippen LogP contribution in [0.25, 0.3) is 0 Å². The first-order valence-corrected chi connectivity index (χ1v) is 8.60. The summed E-state index contributed by atoms with van der Waals surface area (Å²) in [5.74, 6) is 4.18. The monoisotopic (exact) mass is 276 g/mol. The van der Waals surface area contributed by atoms with E-state index in [-0.39, 0.29) is 5.41 Å². The molecule has 0 spiro atoms. The maximum Gasteiger partial charge on any atom is 0.0982 e. The lowest BCUT2D eigenvalue weighted by Gasteiger charge is -2.13. The van der Waals surface area contributed by atoms with Gasteiger partial charge >= 0.3 is 0 Å². The summed E-state index contributed by atoms with van der Waals surface area (Å²) in [6.07, 6.45) is 4.56. The summed E-state index contributed by atoms with van der Waals surface area (Å²) in [6.45, 7) is 7.70. The maximum atomic E-state index is 4.78. The number of hydrogen-bond acceptors (Lipinski definition) is 3. The molecule has 3 saturated carbocycles. The van der Waals surface area contributed by atoms with Crippen LogP contribution in [0.3, 0.4) is 0 Å². The molecule has 0 radical (unpaired) electrons. The van der Waals surface area contributed by atoms with E-state index in [9.17, 15) is 0 Å². The molecule has 19 heavy (non-hydrogen) atoms. The zero-order valence-electron chi connectivity index (χ0n) is 12.1. The van der Waals surface area contributed by atoms with Crippen LogP contribution in [0.5, 0.6) is 0 Å². The van der Waals surface area contributed by atoms with Crippen molar-refractivity contribution in [3.05, 3.63) is 16.1 Å². The fourth-order valence-corrected chi connectivity index (χ4v) is 5.46. The van der Waals surface area contributed by atoms with Crippen molar-refractivity contribution in [3.8, 4) is 0 Å². The molecule has 2 nitrogen and oxygen atoms in total. The van der Waals surface area contributed by atoms with E-state index >= 15 is 0 Å². The van der Waals surface area contributed by atoms with Crippen molar-refractivity contribution in [1.29, 1.82) is 0 Å². The average Bonchev–Trinajstić information content (AvgIpc) is 2.80. The Morgan fingerprint density at radius 2 is 1.95 bits per heavy atom. The van der Waals surface area contributed by atoms with Crippen LogP contribution in [0.4, 0.5) is 0 Å². The van der Waals surface area contributed by atoms with Gasteiger partial charge in [-0.3, -0.25) is 0 Å². The van der Waals surface area contributed by atoms with Crippen molar-refractivity contribution in [3.63, 3.8) is 0 Å². The molecule has 1 aromatic heterocycles. The molecule has 1 N–H and O–H groups in total. The summed E-state index contributed by atoms with van der Waals surface area (Å²) in [5, 5.41) is 7.29.